The van der Waals surface area contributed by atoms with Gasteiger partial charge in [0, 0.05) is 50.2 Å². The zero-order valence-corrected chi connectivity index (χ0v) is 21.1. The number of nitrogens with zero attached hydrogens (tertiary/aromatic N) is 3. The van der Waals surface area contributed by atoms with E-state index in [1.54, 1.807) is 11.8 Å². The Kier molecular flexibility index (Phi) is 13.9. The second-order valence-electron chi connectivity index (χ2n) is 7.12. The molecule has 1 saturated heterocycles. The molecule has 1 fully saturated rings. The van der Waals surface area contributed by atoms with Gasteiger partial charge in [0.1, 0.15) is 5.82 Å². The molecule has 2 N–H and O–H groups in total. The molecular formula is C21H37FIN5S. The van der Waals surface area contributed by atoms with Gasteiger partial charge >= 0.3 is 0 Å². The highest BCUT2D eigenvalue weighted by Gasteiger charge is 2.19. The first-order chi connectivity index (χ1) is 13.6. The normalized spacial score (nSPS) is 16.9. The van der Waals surface area contributed by atoms with Gasteiger partial charge in [-0.1, -0.05) is 6.92 Å². The number of benzene rings is 1. The van der Waals surface area contributed by atoms with Crippen molar-refractivity contribution in [3.63, 3.8) is 0 Å². The molecule has 0 saturated carbocycles. The van der Waals surface area contributed by atoms with Crippen molar-refractivity contribution in [3.8, 4) is 0 Å². The van der Waals surface area contributed by atoms with Gasteiger partial charge in [0.05, 0.1) is 6.54 Å². The second kappa shape index (κ2) is 15.3. The molecule has 5 nitrogen and oxygen atoms in total. The van der Waals surface area contributed by atoms with Gasteiger partial charge in [-0.05, 0) is 56.8 Å². The highest BCUT2D eigenvalue weighted by Crippen LogP contribution is 2.18. The summed E-state index contributed by atoms with van der Waals surface area (Å²) in [6.07, 6.45) is 1.03. The number of hydrogen-bond acceptors (Lipinski definition) is 4. The largest absolute Gasteiger partial charge is 0.357 e. The maximum Gasteiger partial charge on any atom is 0.191 e. The zero-order chi connectivity index (χ0) is 20.2. The summed E-state index contributed by atoms with van der Waals surface area (Å²) in [5, 5.41) is 6.76. The van der Waals surface area contributed by atoms with Crippen LogP contribution < -0.4 is 10.6 Å². The molecule has 2 rings (SSSR count). The van der Waals surface area contributed by atoms with Gasteiger partial charge in [-0.3, -0.25) is 9.89 Å². The molecular weight excluding hydrogens is 500 g/mol. The van der Waals surface area contributed by atoms with Crippen LogP contribution in [0.4, 0.5) is 4.39 Å². The maximum atomic E-state index is 12.9. The molecule has 29 heavy (non-hydrogen) atoms. The lowest BCUT2D eigenvalue weighted by molar-refractivity contribution is 0.109. The first kappa shape index (κ1) is 26.5. The average Bonchev–Trinajstić information content (AvgIpc) is 2.72. The van der Waals surface area contributed by atoms with Crippen molar-refractivity contribution in [2.24, 2.45) is 4.99 Å². The fraction of sp³-hybridized carbons (Fsp3) is 0.667. The number of halogens is 2. The Morgan fingerprint density at radius 1 is 1.14 bits per heavy atom. The molecule has 8 heteroatoms. The van der Waals surface area contributed by atoms with E-state index in [2.05, 4.69) is 41.2 Å². The maximum absolute atomic E-state index is 12.9. The fourth-order valence-corrected chi connectivity index (χ4v) is 4.05. The van der Waals surface area contributed by atoms with E-state index >= 15 is 0 Å². The van der Waals surface area contributed by atoms with E-state index < -0.39 is 0 Å². The summed E-state index contributed by atoms with van der Waals surface area (Å²) < 4.78 is 12.9. The van der Waals surface area contributed by atoms with Crippen molar-refractivity contribution in [1.29, 1.82) is 0 Å². The van der Waals surface area contributed by atoms with Crippen LogP contribution in [0, 0.1) is 5.82 Å². The van der Waals surface area contributed by atoms with Gasteiger partial charge < -0.3 is 15.5 Å². The Labute approximate surface area is 197 Å². The number of piperazine rings is 1. The minimum atomic E-state index is -0.181. The second-order valence-corrected chi connectivity index (χ2v) is 8.29. The highest BCUT2D eigenvalue weighted by atomic mass is 127. The van der Waals surface area contributed by atoms with Gasteiger partial charge in [-0.25, -0.2) is 4.39 Å². The summed E-state index contributed by atoms with van der Waals surface area (Å²) in [5.41, 5.74) is 0. The zero-order valence-electron chi connectivity index (χ0n) is 18.0. The SMILES string of the molecule is CCNC(=NCC(C)N1CCN(CC)CC1)NCCCSc1ccc(F)cc1.I. The lowest BCUT2D eigenvalue weighted by atomic mass is 10.2. The Bertz CT molecular complexity index is 579. The van der Waals surface area contributed by atoms with E-state index in [1.165, 1.54) is 12.1 Å². The van der Waals surface area contributed by atoms with Crippen LogP contribution in [0.3, 0.4) is 0 Å². The average molecular weight is 538 g/mol. The van der Waals surface area contributed by atoms with Crippen LogP contribution in [0.25, 0.3) is 0 Å². The van der Waals surface area contributed by atoms with E-state index in [0.717, 1.165) is 75.4 Å². The third-order valence-electron chi connectivity index (χ3n) is 5.03. The lowest BCUT2D eigenvalue weighted by Crippen LogP contribution is -2.50. The molecule has 1 heterocycles. The van der Waals surface area contributed by atoms with Crippen molar-refractivity contribution in [3.05, 3.63) is 30.1 Å². The summed E-state index contributed by atoms with van der Waals surface area (Å²) >= 11 is 1.76. The number of thioether (sulfide) groups is 1. The summed E-state index contributed by atoms with van der Waals surface area (Å²) in [4.78, 5) is 10.9. The van der Waals surface area contributed by atoms with Crippen molar-refractivity contribution < 1.29 is 4.39 Å². The third-order valence-corrected chi connectivity index (χ3v) is 6.13. The molecule has 1 aromatic carbocycles. The summed E-state index contributed by atoms with van der Waals surface area (Å²) in [6.45, 7) is 14.9. The van der Waals surface area contributed by atoms with Crippen molar-refractivity contribution in [2.45, 2.75) is 38.1 Å². The van der Waals surface area contributed by atoms with Crippen LogP contribution in [-0.4, -0.2) is 79.9 Å². The predicted molar refractivity (Wildman–Crippen MR) is 134 cm³/mol. The molecule has 1 aromatic rings. The van der Waals surface area contributed by atoms with Crippen molar-refractivity contribution >= 4 is 41.7 Å². The van der Waals surface area contributed by atoms with Crippen LogP contribution in [0.5, 0.6) is 0 Å². The van der Waals surface area contributed by atoms with Crippen molar-refractivity contribution in [2.75, 3.05) is 58.1 Å². The molecule has 1 aliphatic rings. The molecule has 1 aliphatic heterocycles. The molecule has 0 amide bonds. The Balaban J connectivity index is 0.00000420. The smallest absolute Gasteiger partial charge is 0.191 e. The number of nitrogens with one attached hydrogen (secondary N) is 2. The first-order valence-corrected chi connectivity index (χ1v) is 11.5. The predicted octanol–water partition coefficient (Wildman–Crippen LogP) is 3.51. The molecule has 1 unspecified atom stereocenters. The van der Waals surface area contributed by atoms with E-state index in [0.29, 0.717) is 6.04 Å². The first-order valence-electron chi connectivity index (χ1n) is 10.5. The summed E-state index contributed by atoms with van der Waals surface area (Å²) in [5.74, 6) is 1.71. The minimum Gasteiger partial charge on any atom is -0.357 e. The number of hydrogen-bond donors (Lipinski definition) is 2. The van der Waals surface area contributed by atoms with E-state index in [9.17, 15) is 4.39 Å². The molecule has 0 aromatic heterocycles. The Morgan fingerprint density at radius 3 is 2.45 bits per heavy atom. The molecule has 1 atom stereocenters. The van der Waals surface area contributed by atoms with Gasteiger partial charge in [-0.2, -0.15) is 0 Å². The van der Waals surface area contributed by atoms with Gasteiger partial charge in [0.15, 0.2) is 5.96 Å². The molecule has 0 spiro atoms. The minimum absolute atomic E-state index is 0. The van der Waals surface area contributed by atoms with E-state index in [-0.39, 0.29) is 29.8 Å². The number of likely N-dealkylation sites (N-methyl/N-ethyl adjacent to an activating group) is 1. The third kappa shape index (κ3) is 10.3. The van der Waals surface area contributed by atoms with Crippen LogP contribution in [0.15, 0.2) is 34.2 Å². The summed E-state index contributed by atoms with van der Waals surface area (Å²) in [6, 6.07) is 7.16. The van der Waals surface area contributed by atoms with Crippen LogP contribution in [0.2, 0.25) is 0 Å². The molecule has 166 valence electrons. The summed E-state index contributed by atoms with van der Waals surface area (Å²) in [7, 11) is 0. The lowest BCUT2D eigenvalue weighted by Gasteiger charge is -2.37. The van der Waals surface area contributed by atoms with Gasteiger partial charge in [0.2, 0.25) is 0 Å². The standard InChI is InChI=1S/C21H36FN5S.HI/c1-4-23-21(24-11-6-16-28-20-9-7-19(22)8-10-20)25-17-18(3)27-14-12-26(5-2)13-15-27;/h7-10,18H,4-6,11-17H2,1-3H3,(H2,23,24,25);1H. The Hall–Kier alpha value is -0.580. The van der Waals surface area contributed by atoms with Crippen molar-refractivity contribution in [1.82, 2.24) is 20.4 Å². The number of aliphatic imine (C=N–C) groups is 1. The van der Waals surface area contributed by atoms with Crippen LogP contribution in [0.1, 0.15) is 27.2 Å². The van der Waals surface area contributed by atoms with Crippen LogP contribution in [-0.2, 0) is 0 Å². The monoisotopic (exact) mass is 537 g/mol. The molecule has 0 bridgehead atoms. The van der Waals surface area contributed by atoms with Gasteiger partial charge in [-0.15, -0.1) is 35.7 Å². The fourth-order valence-electron chi connectivity index (χ4n) is 3.20. The number of rotatable bonds is 10. The number of guanidine groups is 1. The Morgan fingerprint density at radius 2 is 1.83 bits per heavy atom. The molecule has 0 aliphatic carbocycles. The van der Waals surface area contributed by atoms with Crippen LogP contribution >= 0.6 is 35.7 Å². The highest BCUT2D eigenvalue weighted by molar-refractivity contribution is 14.0. The molecule has 0 radical (unpaired) electrons. The topological polar surface area (TPSA) is 42.9 Å². The quantitative estimate of drug-likeness (QED) is 0.157. The van der Waals surface area contributed by atoms with Gasteiger partial charge in [0.25, 0.3) is 0 Å². The van der Waals surface area contributed by atoms with E-state index in [4.69, 9.17) is 4.99 Å². The van der Waals surface area contributed by atoms with E-state index in [1.807, 2.05) is 12.1 Å².